The highest BCUT2D eigenvalue weighted by atomic mass is 32.1. The van der Waals surface area contributed by atoms with Gasteiger partial charge in [0.15, 0.2) is 0 Å². The topological polar surface area (TPSA) is 67.4 Å². The zero-order valence-corrected chi connectivity index (χ0v) is 16.3. The molecule has 1 fully saturated rings. The summed E-state index contributed by atoms with van der Waals surface area (Å²) in [6.45, 7) is 6.72. The number of nitrogens with one attached hydrogen (secondary N) is 1. The first-order chi connectivity index (χ1) is 12.6. The van der Waals surface area contributed by atoms with E-state index in [1.807, 2.05) is 4.90 Å². The van der Waals surface area contributed by atoms with Crippen LogP contribution < -0.4 is 5.32 Å². The number of morpholine rings is 1. The van der Waals surface area contributed by atoms with Crippen LogP contribution in [-0.2, 0) is 22.4 Å². The lowest BCUT2D eigenvalue weighted by Crippen LogP contribution is -2.50. The molecule has 0 saturated carbocycles. The Bertz CT molecular complexity index is 798. The van der Waals surface area contributed by atoms with E-state index in [-0.39, 0.29) is 17.9 Å². The van der Waals surface area contributed by atoms with Crippen molar-refractivity contribution in [1.82, 2.24) is 14.9 Å². The molecule has 1 unspecified atom stereocenters. The van der Waals surface area contributed by atoms with Crippen molar-refractivity contribution in [3.05, 3.63) is 16.8 Å². The summed E-state index contributed by atoms with van der Waals surface area (Å²) in [7, 11) is 0. The molecule has 26 heavy (non-hydrogen) atoms. The summed E-state index contributed by atoms with van der Waals surface area (Å²) in [5.74, 6) is 1.12. The highest BCUT2D eigenvalue weighted by Crippen LogP contribution is 2.38. The third kappa shape index (κ3) is 3.30. The average Bonchev–Trinajstić information content (AvgIpc) is 3.05. The van der Waals surface area contributed by atoms with Crippen LogP contribution in [0, 0.1) is 5.92 Å². The van der Waals surface area contributed by atoms with E-state index < -0.39 is 0 Å². The number of nitrogens with zero attached hydrogens (tertiary/aromatic N) is 3. The van der Waals surface area contributed by atoms with Crippen LogP contribution in [0.4, 0.5) is 5.82 Å². The molecule has 3 heterocycles. The number of carbonyl (C=O) groups excluding carboxylic acids is 1. The van der Waals surface area contributed by atoms with Crippen LogP contribution in [0.25, 0.3) is 10.2 Å². The van der Waals surface area contributed by atoms with Crippen molar-refractivity contribution in [1.29, 1.82) is 0 Å². The fourth-order valence-electron chi connectivity index (χ4n) is 3.84. The Morgan fingerprint density at radius 2 is 2.00 bits per heavy atom. The third-order valence-corrected chi connectivity index (χ3v) is 6.50. The number of anilines is 1. The van der Waals surface area contributed by atoms with Gasteiger partial charge >= 0.3 is 0 Å². The van der Waals surface area contributed by atoms with E-state index in [9.17, 15) is 4.79 Å². The molecule has 1 aliphatic carbocycles. The third-order valence-electron chi connectivity index (χ3n) is 5.30. The zero-order chi connectivity index (χ0) is 18.1. The second-order valence-corrected chi connectivity index (χ2v) is 8.50. The predicted molar refractivity (Wildman–Crippen MR) is 104 cm³/mol. The fraction of sp³-hybridized carbons (Fsp3) is 0.632. The summed E-state index contributed by atoms with van der Waals surface area (Å²) >= 11 is 1.78. The second kappa shape index (κ2) is 7.48. The Labute approximate surface area is 158 Å². The number of hydrogen-bond acceptors (Lipinski definition) is 6. The van der Waals surface area contributed by atoms with Gasteiger partial charge in [-0.3, -0.25) is 4.79 Å². The van der Waals surface area contributed by atoms with Crippen molar-refractivity contribution in [2.45, 2.75) is 45.6 Å². The molecule has 1 N–H and O–H groups in total. The quantitative estimate of drug-likeness (QED) is 0.891. The Balaban J connectivity index is 1.65. The van der Waals surface area contributed by atoms with Crippen molar-refractivity contribution < 1.29 is 9.53 Å². The summed E-state index contributed by atoms with van der Waals surface area (Å²) in [6.07, 6.45) is 6.30. The molecule has 6 nitrogen and oxygen atoms in total. The van der Waals surface area contributed by atoms with Gasteiger partial charge in [-0.2, -0.15) is 0 Å². The smallest absolute Gasteiger partial charge is 0.245 e. The highest BCUT2D eigenvalue weighted by Gasteiger charge is 2.30. The van der Waals surface area contributed by atoms with Gasteiger partial charge < -0.3 is 15.0 Å². The van der Waals surface area contributed by atoms with E-state index in [2.05, 4.69) is 29.1 Å². The van der Waals surface area contributed by atoms with Crippen molar-refractivity contribution in [2.75, 3.05) is 31.6 Å². The Hall–Kier alpha value is -1.73. The lowest BCUT2D eigenvalue weighted by atomic mass is 9.96. The van der Waals surface area contributed by atoms with Gasteiger partial charge in [0.2, 0.25) is 5.91 Å². The maximum atomic E-state index is 13.1. The number of carbonyl (C=O) groups is 1. The summed E-state index contributed by atoms with van der Waals surface area (Å²) < 4.78 is 5.38. The number of ether oxygens (including phenoxy) is 1. The van der Waals surface area contributed by atoms with E-state index >= 15 is 0 Å². The largest absolute Gasteiger partial charge is 0.378 e. The number of fused-ring (bicyclic) bond motifs is 3. The van der Waals surface area contributed by atoms with Gasteiger partial charge in [0, 0.05) is 18.0 Å². The van der Waals surface area contributed by atoms with Gasteiger partial charge in [0.1, 0.15) is 23.0 Å². The van der Waals surface area contributed by atoms with Crippen LogP contribution in [-0.4, -0.2) is 53.1 Å². The van der Waals surface area contributed by atoms with Crippen LogP contribution in [0.2, 0.25) is 0 Å². The summed E-state index contributed by atoms with van der Waals surface area (Å²) in [6, 6.07) is -0.287. The standard InChI is InChI=1S/C19H26N4O2S/c1-12(2)16(19(24)23-7-9-25-10-8-23)22-17-15-13-5-3-4-6-14(13)26-18(15)21-11-20-17/h11-12,16H,3-10H2,1-2H3,(H,20,21,22). The number of amides is 1. The Morgan fingerprint density at radius 1 is 1.23 bits per heavy atom. The first-order valence-electron chi connectivity index (χ1n) is 9.53. The molecule has 7 heteroatoms. The van der Waals surface area contributed by atoms with Crippen LogP contribution in [0.3, 0.4) is 0 Å². The van der Waals surface area contributed by atoms with Gasteiger partial charge in [0.25, 0.3) is 0 Å². The highest BCUT2D eigenvalue weighted by molar-refractivity contribution is 7.19. The summed E-state index contributed by atoms with van der Waals surface area (Å²) in [5, 5.41) is 4.61. The minimum Gasteiger partial charge on any atom is -0.378 e. The Kier molecular flexibility index (Phi) is 5.09. The van der Waals surface area contributed by atoms with Crippen molar-refractivity contribution >= 4 is 33.3 Å². The SMILES string of the molecule is CC(C)C(Nc1ncnc2sc3c(c12)CCCC3)C(=O)N1CCOCC1. The molecule has 2 aromatic heterocycles. The normalized spacial score (nSPS) is 18.8. The maximum absolute atomic E-state index is 13.1. The second-order valence-electron chi connectivity index (χ2n) is 7.42. The molecule has 2 aliphatic rings. The lowest BCUT2D eigenvalue weighted by molar-refractivity contribution is -0.137. The maximum Gasteiger partial charge on any atom is 0.245 e. The van der Waals surface area contributed by atoms with Crippen molar-refractivity contribution in [3.63, 3.8) is 0 Å². The van der Waals surface area contributed by atoms with Crippen LogP contribution in [0.15, 0.2) is 6.33 Å². The molecule has 0 radical (unpaired) electrons. The van der Waals surface area contributed by atoms with Crippen molar-refractivity contribution in [3.8, 4) is 0 Å². The average molecular weight is 375 g/mol. The Morgan fingerprint density at radius 3 is 2.77 bits per heavy atom. The molecule has 0 bridgehead atoms. The van der Waals surface area contributed by atoms with Crippen molar-refractivity contribution in [2.24, 2.45) is 5.92 Å². The number of hydrogen-bond donors (Lipinski definition) is 1. The molecule has 140 valence electrons. The molecule has 1 saturated heterocycles. The molecule has 4 rings (SSSR count). The van der Waals surface area contributed by atoms with E-state index in [1.54, 1.807) is 17.7 Å². The van der Waals surface area contributed by atoms with E-state index in [1.165, 1.54) is 23.3 Å². The van der Waals surface area contributed by atoms with Crippen LogP contribution in [0.1, 0.15) is 37.1 Å². The molecular formula is C19H26N4O2S. The van der Waals surface area contributed by atoms with Gasteiger partial charge in [-0.05, 0) is 37.2 Å². The number of thiophene rings is 1. The zero-order valence-electron chi connectivity index (χ0n) is 15.5. The van der Waals surface area contributed by atoms with Gasteiger partial charge in [0.05, 0.1) is 18.6 Å². The van der Waals surface area contributed by atoms with E-state index in [0.29, 0.717) is 26.3 Å². The monoisotopic (exact) mass is 374 g/mol. The number of aromatic nitrogens is 2. The first kappa shape index (κ1) is 17.7. The van der Waals surface area contributed by atoms with Gasteiger partial charge in [-0.1, -0.05) is 13.8 Å². The van der Waals surface area contributed by atoms with Crippen LogP contribution in [0.5, 0.6) is 0 Å². The summed E-state index contributed by atoms with van der Waals surface area (Å²) in [4.78, 5) is 26.5. The molecule has 2 aromatic rings. The number of rotatable bonds is 4. The van der Waals surface area contributed by atoms with Gasteiger partial charge in [-0.25, -0.2) is 9.97 Å². The van der Waals surface area contributed by atoms with Crippen LogP contribution >= 0.6 is 11.3 Å². The fourth-order valence-corrected chi connectivity index (χ4v) is 5.07. The minimum absolute atomic E-state index is 0.138. The van der Waals surface area contributed by atoms with E-state index in [0.717, 1.165) is 28.9 Å². The first-order valence-corrected chi connectivity index (χ1v) is 10.3. The number of aryl methyl sites for hydroxylation is 2. The van der Waals surface area contributed by atoms with Gasteiger partial charge in [-0.15, -0.1) is 11.3 Å². The van der Waals surface area contributed by atoms with E-state index in [4.69, 9.17) is 4.74 Å². The molecule has 1 atom stereocenters. The summed E-state index contributed by atoms with van der Waals surface area (Å²) in [5.41, 5.74) is 1.39. The predicted octanol–water partition coefficient (Wildman–Crippen LogP) is 2.87. The molecule has 0 aromatic carbocycles. The molecular weight excluding hydrogens is 348 g/mol. The minimum atomic E-state index is -0.287. The molecule has 1 amide bonds. The molecule has 1 aliphatic heterocycles. The molecule has 0 spiro atoms. The lowest BCUT2D eigenvalue weighted by Gasteiger charge is -2.32.